The van der Waals surface area contributed by atoms with Crippen LogP contribution >= 0.6 is 0 Å². The first-order chi connectivity index (χ1) is 36.9. The molecule has 0 radical (unpaired) electrons. The van der Waals surface area contributed by atoms with Crippen LogP contribution in [-0.4, -0.2) is 228 Å². The van der Waals surface area contributed by atoms with E-state index >= 15 is 0 Å². The van der Waals surface area contributed by atoms with Gasteiger partial charge < -0.3 is 60.7 Å². The summed E-state index contributed by atoms with van der Waals surface area (Å²) in [6, 6.07) is -9.14. The second-order valence-corrected chi connectivity index (χ2v) is 24.6. The summed E-state index contributed by atoms with van der Waals surface area (Å²) in [4.78, 5) is 165. The summed E-state index contributed by atoms with van der Waals surface area (Å²) in [5.41, 5.74) is 0. The SMILES string of the molecule is CC(C)C[C@H]1C(=O)NC(C(C)C)C(=O)N(C)[C@@H](CC(C)C)C(=O)N[C@@H](C)C(=O)N[C@H](C)C(=O)N(C)[C@@H](CC(C)C)C(=O)N(C)[C@@H](CC(C)C)C(=O)N(C)CC(=O)N(C)C(C[C@H](C)CCC(C)O)C(=O)NCC(=O)N(C)CC(=O)N1C. The van der Waals surface area contributed by atoms with E-state index < -0.39 is 145 Å². The van der Waals surface area contributed by atoms with Crippen LogP contribution in [0.5, 0.6) is 0 Å². The van der Waals surface area contributed by atoms with Crippen LogP contribution < -0.4 is 21.3 Å². The molecule has 0 bridgehead atoms. The predicted octanol–water partition coefficient (Wildman–Crippen LogP) is 1.69. The number of hydrogen-bond donors (Lipinski definition) is 5. The van der Waals surface area contributed by atoms with E-state index in [9.17, 15) is 57.8 Å². The molecule has 0 aromatic carbocycles. The van der Waals surface area contributed by atoms with E-state index in [0.717, 1.165) is 4.90 Å². The Balaban J connectivity index is 4.04. The summed E-state index contributed by atoms with van der Waals surface area (Å²) in [5.74, 6) is -8.16. The third-order valence-corrected chi connectivity index (χ3v) is 14.8. The largest absolute Gasteiger partial charge is 0.393 e. The molecule has 10 atom stereocenters. The smallest absolute Gasteiger partial charge is 0.245 e. The molecule has 0 spiro atoms. The molecule has 0 saturated carbocycles. The van der Waals surface area contributed by atoms with Gasteiger partial charge in [0.05, 0.1) is 25.7 Å². The van der Waals surface area contributed by atoms with Crippen molar-refractivity contribution in [1.82, 2.24) is 55.6 Å². The van der Waals surface area contributed by atoms with Gasteiger partial charge in [-0.25, -0.2) is 0 Å². The lowest BCUT2D eigenvalue weighted by Crippen LogP contribution is -2.60. The Labute approximate surface area is 477 Å². The van der Waals surface area contributed by atoms with Crippen LogP contribution in [0.2, 0.25) is 0 Å². The minimum atomic E-state index is -1.21. The molecule has 80 heavy (non-hydrogen) atoms. The van der Waals surface area contributed by atoms with Gasteiger partial charge in [-0.3, -0.25) is 52.7 Å². The van der Waals surface area contributed by atoms with E-state index in [-0.39, 0.29) is 61.7 Å². The van der Waals surface area contributed by atoms with Crippen LogP contribution in [0.4, 0.5) is 0 Å². The third-order valence-electron chi connectivity index (χ3n) is 14.8. The van der Waals surface area contributed by atoms with E-state index in [1.807, 2.05) is 62.3 Å². The molecule has 1 aliphatic rings. The van der Waals surface area contributed by atoms with Crippen molar-refractivity contribution in [3.05, 3.63) is 0 Å². The van der Waals surface area contributed by atoms with Crippen molar-refractivity contribution in [2.24, 2.45) is 35.5 Å². The number of hydrogen-bond acceptors (Lipinski definition) is 12. The van der Waals surface area contributed by atoms with Crippen LogP contribution in [0, 0.1) is 35.5 Å². The number of rotatable bonds is 14. The van der Waals surface area contributed by atoms with E-state index in [1.165, 1.54) is 92.6 Å². The molecular formula is C57H103N11O12. The zero-order valence-corrected chi connectivity index (χ0v) is 52.3. The Morgan fingerprint density at radius 2 is 0.800 bits per heavy atom. The molecule has 23 nitrogen and oxygen atoms in total. The van der Waals surface area contributed by atoms with Crippen molar-refractivity contribution >= 4 is 65.0 Å². The molecule has 0 aromatic rings. The van der Waals surface area contributed by atoms with Gasteiger partial charge in [0.2, 0.25) is 65.0 Å². The fraction of sp³-hybridized carbons (Fsp3) is 0.807. The molecule has 3 unspecified atom stereocenters. The van der Waals surface area contributed by atoms with Gasteiger partial charge in [0, 0.05) is 49.3 Å². The number of carbonyl (C=O) groups excluding carboxylic acids is 11. The highest BCUT2D eigenvalue weighted by Gasteiger charge is 2.41. The molecule has 1 saturated heterocycles. The highest BCUT2D eigenvalue weighted by atomic mass is 16.3. The third kappa shape index (κ3) is 22.2. The van der Waals surface area contributed by atoms with Crippen LogP contribution in [0.3, 0.4) is 0 Å². The number of aliphatic hydroxyl groups is 1. The van der Waals surface area contributed by atoms with E-state index in [1.54, 1.807) is 20.8 Å². The molecule has 1 heterocycles. The van der Waals surface area contributed by atoms with E-state index in [0.29, 0.717) is 12.8 Å². The predicted molar refractivity (Wildman–Crippen MR) is 306 cm³/mol. The number of nitrogens with zero attached hydrogens (tertiary/aromatic N) is 7. The van der Waals surface area contributed by atoms with Crippen LogP contribution in [0.1, 0.15) is 142 Å². The quantitative estimate of drug-likeness (QED) is 0.166. The molecule has 1 aliphatic heterocycles. The van der Waals surface area contributed by atoms with Crippen LogP contribution in [-0.2, 0) is 52.7 Å². The Kier molecular flexibility index (Phi) is 29.9. The first kappa shape index (κ1) is 72.1. The van der Waals surface area contributed by atoms with Crippen LogP contribution in [0.15, 0.2) is 0 Å². The lowest BCUT2D eigenvalue weighted by Gasteiger charge is -2.38. The van der Waals surface area contributed by atoms with Crippen molar-refractivity contribution < 1.29 is 57.8 Å². The molecule has 5 N–H and O–H groups in total. The summed E-state index contributed by atoms with van der Waals surface area (Å²) < 4.78 is 0. The minimum absolute atomic E-state index is 0.115. The van der Waals surface area contributed by atoms with Crippen molar-refractivity contribution in [1.29, 1.82) is 0 Å². The maximum Gasteiger partial charge on any atom is 0.245 e. The first-order valence-electron chi connectivity index (χ1n) is 28.5. The van der Waals surface area contributed by atoms with Gasteiger partial charge in [0.1, 0.15) is 48.3 Å². The fourth-order valence-corrected chi connectivity index (χ4v) is 9.55. The van der Waals surface area contributed by atoms with E-state index in [4.69, 9.17) is 0 Å². The number of carbonyl (C=O) groups is 11. The summed E-state index contributed by atoms with van der Waals surface area (Å²) in [5, 5.41) is 20.8. The standard InChI is InChI=1S/C57H103N11O12/c1-32(2)24-41-53(76)61-49(36(9)10)57(80)66(19)42(25-33(3)4)52(75)59-39(13)50(73)60-40(14)54(77)67(20)45(27-35(7)8)56(79)68(21)44(26-34(5)6)55(78)63(16)31-48(72)65(18)43(28-37(11)22-23-38(12)69)51(74)58-29-46(70)62(15)30-47(71)64(41)17/h32-45,49,69H,22-31H2,1-21H3,(H,58,74)(H,59,75)(H,60,73)(H,61,76)/t37-,38?,39+,40-,41+,42+,43?,44+,45+,49?/m1/s1. The maximum atomic E-state index is 14.7. The van der Waals surface area contributed by atoms with Gasteiger partial charge in [-0.05, 0) is 101 Å². The van der Waals surface area contributed by atoms with Crippen molar-refractivity contribution in [2.75, 3.05) is 69.0 Å². The van der Waals surface area contributed by atoms with E-state index in [2.05, 4.69) is 21.3 Å². The summed E-state index contributed by atoms with van der Waals surface area (Å²) in [6.45, 7) is 23.2. The van der Waals surface area contributed by atoms with Gasteiger partial charge >= 0.3 is 0 Å². The second kappa shape index (κ2) is 33.2. The molecule has 11 amide bonds. The fourth-order valence-electron chi connectivity index (χ4n) is 9.55. The van der Waals surface area contributed by atoms with Gasteiger partial charge in [0.25, 0.3) is 0 Å². The average Bonchev–Trinajstić information content (AvgIpc) is 3.36. The Bertz CT molecular complexity index is 2140. The zero-order chi connectivity index (χ0) is 62.0. The maximum absolute atomic E-state index is 14.7. The molecular weight excluding hydrogens is 1030 g/mol. The Hall–Kier alpha value is -5.87. The second-order valence-electron chi connectivity index (χ2n) is 24.6. The number of amides is 11. The monoisotopic (exact) mass is 1130 g/mol. The van der Waals surface area contributed by atoms with Crippen LogP contribution in [0.25, 0.3) is 0 Å². The lowest BCUT2D eigenvalue weighted by atomic mass is 9.94. The molecule has 1 fully saturated rings. The first-order valence-corrected chi connectivity index (χ1v) is 28.5. The zero-order valence-electron chi connectivity index (χ0n) is 52.3. The van der Waals surface area contributed by atoms with Gasteiger partial charge in [-0.1, -0.05) is 76.2 Å². The van der Waals surface area contributed by atoms with Crippen molar-refractivity contribution in [3.63, 3.8) is 0 Å². The molecule has 0 aliphatic carbocycles. The Morgan fingerprint density at radius 3 is 1.26 bits per heavy atom. The number of aliphatic hydroxyl groups excluding tert-OH is 1. The van der Waals surface area contributed by atoms with Gasteiger partial charge in [0.15, 0.2) is 0 Å². The van der Waals surface area contributed by atoms with Gasteiger partial charge in [-0.15, -0.1) is 0 Å². The minimum Gasteiger partial charge on any atom is -0.393 e. The molecule has 1 rings (SSSR count). The van der Waals surface area contributed by atoms with Gasteiger partial charge in [-0.2, -0.15) is 0 Å². The topological polar surface area (TPSA) is 279 Å². The Morgan fingerprint density at radius 1 is 0.412 bits per heavy atom. The summed E-state index contributed by atoms with van der Waals surface area (Å²) in [7, 11) is 9.95. The molecule has 458 valence electrons. The van der Waals surface area contributed by atoms with Crippen molar-refractivity contribution in [3.8, 4) is 0 Å². The number of nitrogens with one attached hydrogen (secondary N) is 4. The average molecular weight is 1130 g/mol. The highest BCUT2D eigenvalue weighted by molar-refractivity contribution is 5.98. The molecule has 0 aromatic heterocycles. The lowest BCUT2D eigenvalue weighted by molar-refractivity contribution is -0.152. The number of likely N-dealkylation sites (N-methyl/N-ethyl adjacent to an activating group) is 7. The normalized spacial score (nSPS) is 25.8. The summed E-state index contributed by atoms with van der Waals surface area (Å²) in [6.07, 6.45) is 1.13. The molecule has 23 heteroatoms. The van der Waals surface area contributed by atoms with Crippen molar-refractivity contribution in [2.45, 2.75) is 196 Å². The highest BCUT2D eigenvalue weighted by Crippen LogP contribution is 2.23. The summed E-state index contributed by atoms with van der Waals surface area (Å²) >= 11 is 0.